The SMILES string of the molecule is CC(C)C[C@H](NC(=O)[C@H](CO)NC(=O)[C@H](CC(N)=O)NC(=O)[C@H](CC(=O)O)NC(=O)[C@@H](NC(=O)[C@@H](NC(=O)[C@H](Cc1ccc(O)cc1)NC(=O)[C@H](C)N)[C@@H](C)O)C(C)C)C(=O)N[C@@H](C)C(=O)N[C@@H](CS)C(=O)NCC(=O)NCC(=O)NCC(=O)NCC(=O)N[C@@H](Cc1c[nH]cn1)C(=O)N[C@@H](Cc1c[nH]cn1)C(=O)N[C@@H](Cc1c[nH]cn1)C(=O)N[C@@H](Cc1c[nH]cn1)C(=O)O. The fourth-order valence-corrected chi connectivity index (χ4v) is 12.1. The van der Waals surface area contributed by atoms with Gasteiger partial charge in [-0.1, -0.05) is 39.8 Å². The summed E-state index contributed by atoms with van der Waals surface area (Å²) in [6.45, 7) is 5.39. The van der Waals surface area contributed by atoms with Gasteiger partial charge in [-0.15, -0.1) is 0 Å². The van der Waals surface area contributed by atoms with Crippen molar-refractivity contribution in [2.75, 3.05) is 38.5 Å². The van der Waals surface area contributed by atoms with E-state index in [1.54, 1.807) is 13.8 Å². The second-order valence-electron chi connectivity index (χ2n) is 30.2. The number of imidazole rings is 4. The Morgan fingerprint density at radius 3 is 1.16 bits per heavy atom. The molecular weight excluding hydrogens is 1720 g/mol. The Hall–Kier alpha value is -14.5. The van der Waals surface area contributed by atoms with Crippen LogP contribution in [0.5, 0.6) is 5.75 Å². The number of primary amides is 1. The maximum absolute atomic E-state index is 14.2. The molecule has 1 aromatic carbocycles. The fourth-order valence-electron chi connectivity index (χ4n) is 11.8. The molecule has 5 aromatic rings. The van der Waals surface area contributed by atoms with Gasteiger partial charge in [0, 0.05) is 62.6 Å². The predicted molar refractivity (Wildman–Crippen MR) is 448 cm³/mol. The van der Waals surface area contributed by atoms with Gasteiger partial charge < -0.3 is 147 Å². The number of amides is 18. The first-order chi connectivity index (χ1) is 60.9. The van der Waals surface area contributed by atoms with Gasteiger partial charge in [0.1, 0.15) is 84.3 Å². The normalized spacial score (nSPS) is 14.6. The van der Waals surface area contributed by atoms with Crippen LogP contribution in [0.25, 0.3) is 0 Å². The van der Waals surface area contributed by atoms with Gasteiger partial charge in [-0.2, -0.15) is 12.6 Å². The molecule has 30 N–H and O–H groups in total. The summed E-state index contributed by atoms with van der Waals surface area (Å²) in [6.07, 6.45) is 5.58. The van der Waals surface area contributed by atoms with Gasteiger partial charge in [-0.3, -0.25) is 91.1 Å². The Balaban J connectivity index is 1.10. The second kappa shape index (κ2) is 52.4. The van der Waals surface area contributed by atoms with E-state index in [1.165, 1.54) is 102 Å². The van der Waals surface area contributed by atoms with Crippen molar-refractivity contribution in [2.24, 2.45) is 23.3 Å². The van der Waals surface area contributed by atoms with E-state index in [2.05, 4.69) is 143 Å². The number of aromatic nitrogens is 8. The molecule has 0 fully saturated rings. The Bertz CT molecular complexity index is 4670. The monoisotopic (exact) mass is 1830 g/mol. The third-order valence-corrected chi connectivity index (χ3v) is 19.0. The minimum absolute atomic E-state index is 0.107. The summed E-state index contributed by atoms with van der Waals surface area (Å²) >= 11 is 4.11. The highest BCUT2D eigenvalue weighted by Gasteiger charge is 2.40. The van der Waals surface area contributed by atoms with Crippen molar-refractivity contribution < 1.29 is 121 Å². The molecule has 52 nitrogen and oxygen atoms in total. The van der Waals surface area contributed by atoms with E-state index in [9.17, 15) is 121 Å². The Kier molecular flexibility index (Phi) is 42.7. The van der Waals surface area contributed by atoms with Crippen molar-refractivity contribution in [1.82, 2.24) is 130 Å². The number of aromatic amines is 4. The number of phenols is 1. The average molecular weight is 1830 g/mol. The van der Waals surface area contributed by atoms with Gasteiger partial charge in [0.15, 0.2) is 0 Å². The molecule has 129 heavy (non-hydrogen) atoms. The molecule has 4 heterocycles. The van der Waals surface area contributed by atoms with Crippen molar-refractivity contribution in [3.63, 3.8) is 0 Å². The summed E-state index contributed by atoms with van der Waals surface area (Å²) in [5.41, 5.74) is 12.7. The van der Waals surface area contributed by atoms with E-state index in [1.807, 2.05) is 0 Å². The van der Waals surface area contributed by atoms with E-state index < -0.39 is 272 Å². The fraction of sp³-hybridized carbons (Fsp3) is 0.500. The zero-order chi connectivity index (χ0) is 95.9. The number of H-pyrrole nitrogens is 4. The zero-order valence-electron chi connectivity index (χ0n) is 70.9. The van der Waals surface area contributed by atoms with Crippen LogP contribution >= 0.6 is 12.6 Å². The number of nitrogens with one attached hydrogen (secondary N) is 21. The Labute approximate surface area is 740 Å². The van der Waals surface area contributed by atoms with Crippen molar-refractivity contribution in [1.29, 1.82) is 0 Å². The summed E-state index contributed by atoms with van der Waals surface area (Å²) < 4.78 is 0. The molecule has 0 aliphatic heterocycles. The van der Waals surface area contributed by atoms with E-state index in [4.69, 9.17) is 11.5 Å². The van der Waals surface area contributed by atoms with Crippen LogP contribution in [0.3, 0.4) is 0 Å². The minimum Gasteiger partial charge on any atom is -0.508 e. The topological polar surface area (TPSA) is 814 Å². The molecule has 0 radical (unpaired) electrons. The van der Waals surface area contributed by atoms with E-state index in [-0.39, 0.29) is 61.4 Å². The first kappa shape index (κ1) is 105. The lowest BCUT2D eigenvalue weighted by atomic mass is 10.0. The van der Waals surface area contributed by atoms with Crippen LogP contribution in [-0.2, 0) is 128 Å². The summed E-state index contributed by atoms with van der Waals surface area (Å²) in [4.78, 5) is 294. The maximum atomic E-state index is 14.2. The first-order valence-electron chi connectivity index (χ1n) is 40.0. The van der Waals surface area contributed by atoms with Crippen molar-refractivity contribution >= 4 is 131 Å². The number of hydrogen-bond donors (Lipinski definition) is 29. The number of rotatable bonds is 55. The maximum Gasteiger partial charge on any atom is 0.326 e. The molecule has 4 aromatic heterocycles. The third-order valence-electron chi connectivity index (χ3n) is 18.7. The Morgan fingerprint density at radius 2 is 0.744 bits per heavy atom. The molecule has 0 spiro atoms. The van der Waals surface area contributed by atoms with Crippen LogP contribution in [-0.4, -0.2) is 313 Å². The van der Waals surface area contributed by atoms with Crippen LogP contribution in [0.4, 0.5) is 0 Å². The molecule has 704 valence electrons. The number of hydrogen-bond acceptors (Lipinski definition) is 29. The predicted octanol–water partition coefficient (Wildman–Crippen LogP) is -11.6. The third kappa shape index (κ3) is 36.9. The van der Waals surface area contributed by atoms with Crippen molar-refractivity contribution in [3.05, 3.63) is 103 Å². The second-order valence-corrected chi connectivity index (χ2v) is 30.6. The number of nitrogens with two attached hydrogens (primary N) is 2. The highest BCUT2D eigenvalue weighted by Crippen LogP contribution is 2.15. The number of nitrogens with zero attached hydrogens (tertiary/aromatic N) is 4. The largest absolute Gasteiger partial charge is 0.508 e. The average Bonchev–Trinajstić information content (AvgIpc) is 1.63. The van der Waals surface area contributed by atoms with Gasteiger partial charge in [0.05, 0.1) is 106 Å². The number of carboxylic acids is 2. The number of aliphatic carboxylic acids is 2. The molecule has 0 saturated carbocycles. The van der Waals surface area contributed by atoms with Crippen molar-refractivity contribution in [3.8, 4) is 5.75 Å². The van der Waals surface area contributed by atoms with Crippen LogP contribution in [0.2, 0.25) is 0 Å². The number of phenolic OH excluding ortho intramolecular Hbond substituents is 1. The molecule has 0 bridgehead atoms. The molecule has 15 atom stereocenters. The Morgan fingerprint density at radius 1 is 0.388 bits per heavy atom. The van der Waals surface area contributed by atoms with E-state index in [0.717, 1.165) is 6.92 Å². The number of aliphatic hydroxyl groups excluding tert-OH is 2. The van der Waals surface area contributed by atoms with Crippen molar-refractivity contribution in [2.45, 2.75) is 191 Å². The van der Waals surface area contributed by atoms with Gasteiger partial charge in [0.2, 0.25) is 106 Å². The lowest BCUT2D eigenvalue weighted by Gasteiger charge is -2.29. The highest BCUT2D eigenvalue weighted by molar-refractivity contribution is 7.80. The van der Waals surface area contributed by atoms with Crippen LogP contribution in [0.1, 0.15) is 96.1 Å². The standard InChI is InChI=1S/C76H109N27O25S/c1-34(2)12-45(94-73(124)53(28-104)100-70(121)50(18-55(78)107)97-71(122)51(19-60(112)113)98-74(125)61(35(3)4)102-75(126)62(38(7)105)103-72(123)46(93-63(114)36(5)77)13-39-8-10-44(106)11-9-39)66(117)91-37(6)64(115)101-54(29-129)65(116)86-26-58(110)84-24-56(108)83-25-57(109)85-27-59(111)92-47(14-40-20-79-30-87-40)67(118)95-48(15-41-21-80-31-88-41)68(119)96-49(16-42-22-81-32-89-42)69(120)99-52(76(127)128)17-43-23-82-33-90-43/h8-11,20-23,30-38,45-54,61-62,104-106,129H,12-19,24-29,77H2,1-7H3,(H2,78,107)(H,79,87)(H,80,88)(H,81,89)(H,82,90)(H,83,108)(H,84,110)(H,85,109)(H,86,116)(H,91,117)(H,92,111)(H,93,114)(H,94,124)(H,95,118)(H,96,119)(H,97,122)(H,98,125)(H,99,120)(H,100,121)(H,101,115)(H,102,126)(H,103,123)(H,112,113)(H,127,128)/t36-,37-,38+,45-,46-,47-,48-,49-,50-,51-,52-,53-,54-,61-,62-/m0/s1. The number of aliphatic hydroxyl groups is 2. The molecule has 53 heteroatoms. The minimum atomic E-state index is -2.12. The van der Waals surface area contributed by atoms with Gasteiger partial charge in [-0.05, 0) is 56.7 Å². The zero-order valence-corrected chi connectivity index (χ0v) is 71.8. The number of thiol groups is 1. The van der Waals surface area contributed by atoms with E-state index in [0.29, 0.717) is 11.3 Å². The number of aromatic hydroxyl groups is 1. The quantitative estimate of drug-likeness (QED) is 0.0161. The number of carbonyl (C=O) groups is 20. The molecule has 5 rings (SSSR count). The summed E-state index contributed by atoms with van der Waals surface area (Å²) in [6, 6.07) is -17.2. The number of benzene rings is 1. The van der Waals surface area contributed by atoms with Gasteiger partial charge in [-0.25, -0.2) is 24.7 Å². The molecule has 18 amide bonds. The number of carbonyl (C=O) groups excluding carboxylic acids is 18. The van der Waals surface area contributed by atoms with Crippen LogP contribution in [0.15, 0.2) is 74.4 Å². The molecule has 0 unspecified atom stereocenters. The number of carboxylic acid groups (broad SMARTS) is 2. The highest BCUT2D eigenvalue weighted by atomic mass is 32.1. The molecule has 0 saturated heterocycles. The van der Waals surface area contributed by atoms with Crippen LogP contribution in [0, 0.1) is 11.8 Å². The lowest BCUT2D eigenvalue weighted by molar-refractivity contribution is -0.142. The molecule has 0 aliphatic carbocycles. The molecule has 0 aliphatic rings. The first-order valence-corrected chi connectivity index (χ1v) is 40.7. The summed E-state index contributed by atoms with van der Waals surface area (Å²) in [5, 5.41) is 90.0. The smallest absolute Gasteiger partial charge is 0.326 e. The lowest BCUT2D eigenvalue weighted by Crippen LogP contribution is -2.63. The summed E-state index contributed by atoms with van der Waals surface area (Å²) in [5.74, 6) is -24.1. The van der Waals surface area contributed by atoms with Gasteiger partial charge in [0.25, 0.3) is 0 Å². The van der Waals surface area contributed by atoms with E-state index >= 15 is 0 Å². The summed E-state index contributed by atoms with van der Waals surface area (Å²) in [7, 11) is 0. The van der Waals surface area contributed by atoms with Crippen LogP contribution < -0.4 is 102 Å². The van der Waals surface area contributed by atoms with Gasteiger partial charge >= 0.3 is 11.9 Å². The molecular formula is C76H109N27O25S.